The summed E-state index contributed by atoms with van der Waals surface area (Å²) in [5.41, 5.74) is 3.96. The lowest BCUT2D eigenvalue weighted by Crippen LogP contribution is -2.13. The minimum absolute atomic E-state index is 0.174. The van der Waals surface area contributed by atoms with Crippen LogP contribution in [0, 0.1) is 0 Å². The van der Waals surface area contributed by atoms with Crippen LogP contribution in [0.4, 0.5) is 0 Å². The van der Waals surface area contributed by atoms with E-state index in [-0.39, 0.29) is 12.3 Å². The Morgan fingerprint density at radius 2 is 1.71 bits per heavy atom. The maximum absolute atomic E-state index is 12.7. The highest BCUT2D eigenvalue weighted by Gasteiger charge is 2.25. The normalized spacial score (nSPS) is 11.0. The molecule has 0 saturated heterocycles. The third kappa shape index (κ3) is 3.36. The summed E-state index contributed by atoms with van der Waals surface area (Å²) in [5, 5.41) is 4.90. The standard InChI is InChI=1S/C24H18N4O3/c1-30-24(29)21-22(31-14-16-8-4-2-5-9-16)18-12-13-19(17-10-6-3-7-11-17)27-20(18)23-25-15-26-28(21)23/h2-13,15H,14H2,1H3. The molecule has 0 bridgehead atoms. The van der Waals surface area contributed by atoms with Crippen molar-refractivity contribution in [3.05, 3.63) is 90.4 Å². The Morgan fingerprint density at radius 1 is 0.968 bits per heavy atom. The lowest BCUT2D eigenvalue weighted by atomic mass is 10.1. The lowest BCUT2D eigenvalue weighted by molar-refractivity contribution is 0.0585. The number of carbonyl (C=O) groups excluding carboxylic acids is 1. The van der Waals surface area contributed by atoms with Crippen molar-refractivity contribution in [3.8, 4) is 17.0 Å². The van der Waals surface area contributed by atoms with Gasteiger partial charge in [0.05, 0.1) is 12.8 Å². The summed E-state index contributed by atoms with van der Waals surface area (Å²) in [7, 11) is 1.33. The lowest BCUT2D eigenvalue weighted by Gasteiger charge is -2.15. The molecule has 152 valence electrons. The second kappa shape index (κ2) is 7.87. The molecule has 0 unspecified atom stereocenters. The monoisotopic (exact) mass is 410 g/mol. The number of methoxy groups -OCH3 is 1. The van der Waals surface area contributed by atoms with Crippen molar-refractivity contribution in [1.29, 1.82) is 0 Å². The van der Waals surface area contributed by atoms with E-state index in [1.54, 1.807) is 0 Å². The Balaban J connectivity index is 1.73. The average Bonchev–Trinajstić information content (AvgIpc) is 3.32. The number of ether oxygens (including phenoxy) is 2. The van der Waals surface area contributed by atoms with Gasteiger partial charge in [0.2, 0.25) is 0 Å². The minimum atomic E-state index is -0.562. The van der Waals surface area contributed by atoms with Crippen molar-refractivity contribution in [2.45, 2.75) is 6.61 Å². The number of hydrogen-bond acceptors (Lipinski definition) is 6. The van der Waals surface area contributed by atoms with Gasteiger partial charge in [0.25, 0.3) is 0 Å². The van der Waals surface area contributed by atoms with Gasteiger partial charge in [-0.3, -0.25) is 0 Å². The Kier molecular flexibility index (Phi) is 4.76. The molecular formula is C24H18N4O3. The molecule has 0 amide bonds. The van der Waals surface area contributed by atoms with Crippen LogP contribution >= 0.6 is 0 Å². The molecule has 0 aliphatic carbocycles. The fourth-order valence-electron chi connectivity index (χ4n) is 3.52. The van der Waals surface area contributed by atoms with Gasteiger partial charge in [-0.2, -0.15) is 5.10 Å². The average molecular weight is 410 g/mol. The summed E-state index contributed by atoms with van der Waals surface area (Å²) in [4.78, 5) is 21.9. The van der Waals surface area contributed by atoms with Crippen LogP contribution in [0.3, 0.4) is 0 Å². The summed E-state index contributed by atoms with van der Waals surface area (Å²) in [5.74, 6) is -0.205. The first-order chi connectivity index (χ1) is 15.3. The quantitative estimate of drug-likeness (QED) is 0.402. The van der Waals surface area contributed by atoms with E-state index in [0.717, 1.165) is 16.8 Å². The molecule has 0 saturated carbocycles. The molecule has 7 heteroatoms. The molecule has 7 nitrogen and oxygen atoms in total. The van der Waals surface area contributed by atoms with Crippen LogP contribution in [0.15, 0.2) is 79.1 Å². The molecule has 5 rings (SSSR count). The first-order valence-corrected chi connectivity index (χ1v) is 9.73. The third-order valence-electron chi connectivity index (χ3n) is 5.00. The van der Waals surface area contributed by atoms with E-state index in [0.29, 0.717) is 22.3 Å². The van der Waals surface area contributed by atoms with Gasteiger partial charge >= 0.3 is 5.97 Å². The van der Waals surface area contributed by atoms with Crippen molar-refractivity contribution in [2.24, 2.45) is 0 Å². The van der Waals surface area contributed by atoms with Crippen LogP contribution in [-0.2, 0) is 11.3 Å². The van der Waals surface area contributed by atoms with Gasteiger partial charge in [0.15, 0.2) is 17.1 Å². The van der Waals surface area contributed by atoms with Crippen LogP contribution in [0.1, 0.15) is 16.1 Å². The van der Waals surface area contributed by atoms with E-state index < -0.39 is 5.97 Å². The van der Waals surface area contributed by atoms with Gasteiger partial charge in [0.1, 0.15) is 18.5 Å². The summed E-state index contributed by atoms with van der Waals surface area (Å²) in [6, 6.07) is 23.4. The molecule has 0 fully saturated rings. The van der Waals surface area contributed by atoms with Gasteiger partial charge in [0, 0.05) is 10.9 Å². The summed E-state index contributed by atoms with van der Waals surface area (Å²) < 4.78 is 12.6. The van der Waals surface area contributed by atoms with E-state index in [1.165, 1.54) is 18.0 Å². The van der Waals surface area contributed by atoms with Crippen molar-refractivity contribution >= 4 is 22.5 Å². The van der Waals surface area contributed by atoms with E-state index in [1.807, 2.05) is 72.8 Å². The van der Waals surface area contributed by atoms with Crippen LogP contribution in [-0.4, -0.2) is 32.7 Å². The highest BCUT2D eigenvalue weighted by molar-refractivity contribution is 6.04. The Labute approximate surface area is 177 Å². The molecule has 5 aromatic rings. The Morgan fingerprint density at radius 3 is 2.45 bits per heavy atom. The SMILES string of the molecule is COC(=O)c1c(OCc2ccccc2)c2ccc(-c3ccccc3)nc2c2ncnn12. The number of nitrogens with zero attached hydrogens (tertiary/aromatic N) is 4. The topological polar surface area (TPSA) is 78.6 Å². The molecule has 3 heterocycles. The maximum Gasteiger partial charge on any atom is 0.360 e. The van der Waals surface area contributed by atoms with E-state index >= 15 is 0 Å². The predicted molar refractivity (Wildman–Crippen MR) is 116 cm³/mol. The van der Waals surface area contributed by atoms with Gasteiger partial charge in [-0.15, -0.1) is 0 Å². The number of esters is 1. The number of carbonyl (C=O) groups is 1. The summed E-state index contributed by atoms with van der Waals surface area (Å²) in [6.45, 7) is 0.278. The molecule has 0 N–H and O–H groups in total. The molecule has 0 aliphatic heterocycles. The third-order valence-corrected chi connectivity index (χ3v) is 5.00. The molecule has 3 aromatic heterocycles. The smallest absolute Gasteiger partial charge is 0.360 e. The fraction of sp³-hybridized carbons (Fsp3) is 0.0833. The summed E-state index contributed by atoms with van der Waals surface area (Å²) in [6.07, 6.45) is 1.39. The van der Waals surface area contributed by atoms with Gasteiger partial charge in [-0.25, -0.2) is 19.3 Å². The summed E-state index contributed by atoms with van der Waals surface area (Å²) >= 11 is 0. The molecule has 0 aliphatic rings. The zero-order valence-corrected chi connectivity index (χ0v) is 16.7. The number of fused-ring (bicyclic) bond motifs is 3. The highest BCUT2D eigenvalue weighted by Crippen LogP contribution is 2.34. The first-order valence-electron chi connectivity index (χ1n) is 9.73. The molecule has 0 atom stereocenters. The van der Waals surface area contributed by atoms with Crippen molar-refractivity contribution in [2.75, 3.05) is 7.11 Å². The highest BCUT2D eigenvalue weighted by atomic mass is 16.5. The van der Waals surface area contributed by atoms with Crippen molar-refractivity contribution < 1.29 is 14.3 Å². The number of rotatable bonds is 5. The zero-order valence-electron chi connectivity index (χ0n) is 16.7. The number of hydrogen-bond donors (Lipinski definition) is 0. The number of benzene rings is 2. The molecule has 2 aromatic carbocycles. The van der Waals surface area contributed by atoms with Crippen LogP contribution in [0.5, 0.6) is 5.75 Å². The predicted octanol–water partition coefficient (Wildman–Crippen LogP) is 4.31. The van der Waals surface area contributed by atoms with E-state index in [2.05, 4.69) is 10.1 Å². The van der Waals surface area contributed by atoms with E-state index in [9.17, 15) is 4.79 Å². The van der Waals surface area contributed by atoms with Crippen LogP contribution in [0.25, 0.3) is 27.8 Å². The second-order valence-corrected chi connectivity index (χ2v) is 6.90. The number of pyridine rings is 2. The maximum atomic E-state index is 12.7. The minimum Gasteiger partial charge on any atom is -0.486 e. The van der Waals surface area contributed by atoms with Gasteiger partial charge in [-0.05, 0) is 17.7 Å². The fourth-order valence-corrected chi connectivity index (χ4v) is 3.52. The number of aromatic nitrogens is 4. The second-order valence-electron chi connectivity index (χ2n) is 6.90. The Hall–Kier alpha value is -4.26. The first kappa shape index (κ1) is 18.7. The molecular weight excluding hydrogens is 392 g/mol. The van der Waals surface area contributed by atoms with Crippen LogP contribution < -0.4 is 4.74 Å². The van der Waals surface area contributed by atoms with Crippen LogP contribution in [0.2, 0.25) is 0 Å². The van der Waals surface area contributed by atoms with Crippen molar-refractivity contribution in [1.82, 2.24) is 19.6 Å². The van der Waals surface area contributed by atoms with Gasteiger partial charge < -0.3 is 9.47 Å². The Bertz CT molecular complexity index is 1380. The van der Waals surface area contributed by atoms with Gasteiger partial charge in [-0.1, -0.05) is 60.7 Å². The van der Waals surface area contributed by atoms with E-state index in [4.69, 9.17) is 14.5 Å². The largest absolute Gasteiger partial charge is 0.486 e. The van der Waals surface area contributed by atoms with Crippen molar-refractivity contribution in [3.63, 3.8) is 0 Å². The molecule has 0 spiro atoms. The molecule has 31 heavy (non-hydrogen) atoms. The molecule has 0 radical (unpaired) electrons. The zero-order chi connectivity index (χ0) is 21.2.